The van der Waals surface area contributed by atoms with Gasteiger partial charge in [0.2, 0.25) is 11.7 Å². The number of hydrogen-bond donors (Lipinski definition) is 2. The minimum absolute atomic E-state index is 0.0522. The number of amides is 1. The number of carbonyl (C=O) groups excluding carboxylic acids is 1. The lowest BCUT2D eigenvalue weighted by Crippen LogP contribution is -2.09. The number of para-hydroxylation sites is 1. The van der Waals surface area contributed by atoms with Crippen molar-refractivity contribution in [3.05, 3.63) is 90.0 Å². The molecule has 0 aliphatic heterocycles. The number of aromatic hydroxyl groups is 1. The van der Waals surface area contributed by atoms with Crippen LogP contribution in [0.4, 0.5) is 5.69 Å². The molecule has 0 aliphatic carbocycles. The summed E-state index contributed by atoms with van der Waals surface area (Å²) < 4.78 is 21.7. The minimum Gasteiger partial charge on any atom is -0.506 e. The van der Waals surface area contributed by atoms with Crippen molar-refractivity contribution in [2.45, 2.75) is 0 Å². The maximum atomic E-state index is 12.6. The maximum absolute atomic E-state index is 12.6. The molecule has 1 amide bonds. The first kappa shape index (κ1) is 26.0. The fourth-order valence-electron chi connectivity index (χ4n) is 3.42. The van der Waals surface area contributed by atoms with Gasteiger partial charge in [0.05, 0.1) is 27.0 Å². The summed E-state index contributed by atoms with van der Waals surface area (Å²) >= 11 is 0. The van der Waals surface area contributed by atoms with E-state index in [1.807, 2.05) is 30.3 Å². The van der Waals surface area contributed by atoms with Crippen molar-refractivity contribution in [2.75, 3.05) is 33.3 Å². The van der Waals surface area contributed by atoms with Crippen LogP contribution in [0.25, 0.3) is 18.2 Å². The molecule has 0 aromatic heterocycles. The first-order valence-corrected chi connectivity index (χ1v) is 11.1. The third-order valence-corrected chi connectivity index (χ3v) is 5.12. The molecule has 0 aliphatic rings. The van der Waals surface area contributed by atoms with Gasteiger partial charge < -0.3 is 29.4 Å². The number of nitrogens with one attached hydrogen (secondary N) is 1. The number of anilines is 1. The van der Waals surface area contributed by atoms with Crippen molar-refractivity contribution in [3.63, 3.8) is 0 Å². The zero-order chi connectivity index (χ0) is 25.9. The van der Waals surface area contributed by atoms with E-state index in [9.17, 15) is 9.90 Å². The highest BCUT2D eigenvalue weighted by molar-refractivity contribution is 6.04. The molecule has 0 atom stereocenters. The molecule has 7 heteroatoms. The van der Waals surface area contributed by atoms with E-state index >= 15 is 0 Å². The van der Waals surface area contributed by atoms with Gasteiger partial charge in [0, 0.05) is 11.6 Å². The van der Waals surface area contributed by atoms with Crippen molar-refractivity contribution in [2.24, 2.45) is 0 Å². The monoisotopic (exact) mass is 487 g/mol. The van der Waals surface area contributed by atoms with E-state index in [-0.39, 0.29) is 5.75 Å². The van der Waals surface area contributed by atoms with Crippen LogP contribution in [0.15, 0.2) is 73.3 Å². The lowest BCUT2D eigenvalue weighted by atomic mass is 10.1. The topological polar surface area (TPSA) is 86.3 Å². The van der Waals surface area contributed by atoms with E-state index in [0.717, 1.165) is 11.1 Å². The number of phenols is 1. The summed E-state index contributed by atoms with van der Waals surface area (Å²) in [5, 5.41) is 13.2. The van der Waals surface area contributed by atoms with E-state index in [0.29, 0.717) is 40.9 Å². The third-order valence-electron chi connectivity index (χ3n) is 5.12. The lowest BCUT2D eigenvalue weighted by molar-refractivity contribution is -0.111. The molecule has 0 spiro atoms. The van der Waals surface area contributed by atoms with Gasteiger partial charge in [-0.15, -0.1) is 0 Å². The number of benzene rings is 3. The van der Waals surface area contributed by atoms with Gasteiger partial charge in [0.25, 0.3) is 0 Å². The second-order valence-corrected chi connectivity index (χ2v) is 7.53. The Morgan fingerprint density at radius 2 is 1.64 bits per heavy atom. The normalized spacial score (nSPS) is 10.9. The van der Waals surface area contributed by atoms with E-state index in [1.54, 1.807) is 63.8 Å². The standard InChI is InChI=1S/C29H29NO6/c1-5-16-36-23-10-6-8-20(17-23)13-15-27(32)30-28-22(9-7-11-24(28)31)14-12-21-18-25(33-2)29(35-4)26(19-21)34-3/h5-15,17-19,31H,1,16H2,2-4H3,(H,30,32)/b14-12?,15-13+. The summed E-state index contributed by atoms with van der Waals surface area (Å²) in [4.78, 5) is 12.6. The molecule has 3 aromatic carbocycles. The Morgan fingerprint density at radius 1 is 0.917 bits per heavy atom. The molecule has 7 nitrogen and oxygen atoms in total. The minimum atomic E-state index is -0.392. The summed E-state index contributed by atoms with van der Waals surface area (Å²) in [6.07, 6.45) is 8.32. The first-order valence-electron chi connectivity index (χ1n) is 11.1. The van der Waals surface area contributed by atoms with E-state index in [2.05, 4.69) is 11.9 Å². The Labute approximate surface area is 210 Å². The van der Waals surface area contributed by atoms with Crippen LogP contribution in [0.1, 0.15) is 16.7 Å². The van der Waals surface area contributed by atoms with Crippen LogP contribution in [-0.4, -0.2) is 38.9 Å². The SMILES string of the molecule is C=CCOc1cccc(/C=C/C(=O)Nc2c(O)cccc2C=Cc2cc(OC)c(OC)c(OC)c2)c1. The number of ether oxygens (including phenoxy) is 4. The second kappa shape index (κ2) is 12.7. The predicted molar refractivity (Wildman–Crippen MR) is 143 cm³/mol. The third kappa shape index (κ3) is 6.70. The second-order valence-electron chi connectivity index (χ2n) is 7.53. The molecule has 0 heterocycles. The van der Waals surface area contributed by atoms with E-state index in [4.69, 9.17) is 18.9 Å². The van der Waals surface area contributed by atoms with Crippen molar-refractivity contribution in [1.29, 1.82) is 0 Å². The Kier molecular flexibility index (Phi) is 9.17. The van der Waals surface area contributed by atoms with Crippen LogP contribution in [0.3, 0.4) is 0 Å². The molecule has 0 saturated heterocycles. The molecular formula is C29H29NO6. The van der Waals surface area contributed by atoms with E-state index in [1.165, 1.54) is 12.1 Å². The molecule has 0 bridgehead atoms. The first-order chi connectivity index (χ1) is 17.5. The summed E-state index contributed by atoms with van der Waals surface area (Å²) in [5.74, 6) is 1.76. The number of rotatable bonds is 11. The van der Waals surface area contributed by atoms with Crippen LogP contribution < -0.4 is 24.3 Å². The highest BCUT2D eigenvalue weighted by Crippen LogP contribution is 2.39. The lowest BCUT2D eigenvalue weighted by Gasteiger charge is -2.13. The molecule has 0 unspecified atom stereocenters. The molecule has 186 valence electrons. The Bertz CT molecular complexity index is 1250. The van der Waals surface area contributed by atoms with Crippen LogP contribution in [0.5, 0.6) is 28.7 Å². The average Bonchev–Trinajstić information content (AvgIpc) is 2.90. The quantitative estimate of drug-likeness (QED) is 0.154. The fraction of sp³-hybridized carbons (Fsp3) is 0.138. The Morgan fingerprint density at radius 3 is 2.31 bits per heavy atom. The molecule has 0 fully saturated rings. The van der Waals surface area contributed by atoms with Crippen LogP contribution in [0.2, 0.25) is 0 Å². The molecular weight excluding hydrogens is 458 g/mol. The van der Waals surface area contributed by atoms with Gasteiger partial charge in [0.1, 0.15) is 18.1 Å². The number of methoxy groups -OCH3 is 3. The zero-order valence-electron chi connectivity index (χ0n) is 20.5. The molecule has 0 radical (unpaired) electrons. The average molecular weight is 488 g/mol. The van der Waals surface area contributed by atoms with Gasteiger partial charge in [-0.3, -0.25) is 4.79 Å². The Balaban J connectivity index is 1.80. The highest BCUT2D eigenvalue weighted by Gasteiger charge is 2.13. The van der Waals surface area contributed by atoms with Crippen molar-refractivity contribution in [1.82, 2.24) is 0 Å². The van der Waals surface area contributed by atoms with Crippen LogP contribution in [0, 0.1) is 0 Å². The summed E-state index contributed by atoms with van der Waals surface area (Å²) in [6.45, 7) is 4.03. The molecule has 3 rings (SSSR count). The molecule has 2 N–H and O–H groups in total. The smallest absolute Gasteiger partial charge is 0.248 e. The molecule has 36 heavy (non-hydrogen) atoms. The van der Waals surface area contributed by atoms with Gasteiger partial charge >= 0.3 is 0 Å². The van der Waals surface area contributed by atoms with Gasteiger partial charge in [-0.05, 0) is 47.5 Å². The largest absolute Gasteiger partial charge is 0.506 e. The van der Waals surface area contributed by atoms with Crippen molar-refractivity contribution < 1.29 is 28.8 Å². The van der Waals surface area contributed by atoms with Crippen LogP contribution >= 0.6 is 0 Å². The zero-order valence-corrected chi connectivity index (χ0v) is 20.5. The molecule has 0 saturated carbocycles. The predicted octanol–water partition coefficient (Wildman–Crippen LogP) is 5.81. The van der Waals surface area contributed by atoms with Crippen LogP contribution in [-0.2, 0) is 4.79 Å². The molecule has 3 aromatic rings. The summed E-state index contributed by atoms with van der Waals surface area (Å²) in [6, 6.07) is 15.9. The fourth-order valence-corrected chi connectivity index (χ4v) is 3.42. The maximum Gasteiger partial charge on any atom is 0.248 e. The number of phenolic OH excluding ortho intramolecular Hbond substituents is 1. The number of hydrogen-bond acceptors (Lipinski definition) is 6. The number of carbonyl (C=O) groups is 1. The highest BCUT2D eigenvalue weighted by atomic mass is 16.5. The van der Waals surface area contributed by atoms with Gasteiger partial charge in [-0.25, -0.2) is 0 Å². The van der Waals surface area contributed by atoms with Crippen molar-refractivity contribution >= 4 is 29.8 Å². The Hall–Kier alpha value is -4.65. The summed E-state index contributed by atoms with van der Waals surface area (Å²) in [7, 11) is 4.64. The van der Waals surface area contributed by atoms with Gasteiger partial charge in [0.15, 0.2) is 11.5 Å². The summed E-state index contributed by atoms with van der Waals surface area (Å²) in [5.41, 5.74) is 2.49. The van der Waals surface area contributed by atoms with Crippen molar-refractivity contribution in [3.8, 4) is 28.7 Å². The van der Waals surface area contributed by atoms with Gasteiger partial charge in [-0.2, -0.15) is 0 Å². The van der Waals surface area contributed by atoms with Gasteiger partial charge in [-0.1, -0.05) is 49.1 Å². The van der Waals surface area contributed by atoms with E-state index < -0.39 is 5.91 Å².